The van der Waals surface area contributed by atoms with Gasteiger partial charge in [0.15, 0.2) is 0 Å². The van der Waals surface area contributed by atoms with E-state index in [2.05, 4.69) is 33.0 Å². The van der Waals surface area contributed by atoms with E-state index in [1.54, 1.807) is 6.07 Å². The van der Waals surface area contributed by atoms with Crippen molar-refractivity contribution < 1.29 is 4.79 Å². The van der Waals surface area contributed by atoms with Gasteiger partial charge in [0.05, 0.1) is 5.69 Å². The Morgan fingerprint density at radius 3 is 2.42 bits per heavy atom. The molecule has 0 spiro atoms. The fourth-order valence-corrected chi connectivity index (χ4v) is 1.75. The zero-order valence-corrected chi connectivity index (χ0v) is 12.9. The molecule has 0 aliphatic heterocycles. The number of aromatic nitrogens is 1. The zero-order valence-electron chi connectivity index (χ0n) is 12.9. The van der Waals surface area contributed by atoms with E-state index in [9.17, 15) is 4.79 Å². The van der Waals surface area contributed by atoms with Gasteiger partial charge in [-0.1, -0.05) is 27.7 Å². The third-order valence-electron chi connectivity index (χ3n) is 3.71. The van der Waals surface area contributed by atoms with E-state index in [0.29, 0.717) is 23.8 Å². The molecule has 1 heterocycles. The van der Waals surface area contributed by atoms with Gasteiger partial charge in [0.1, 0.15) is 5.69 Å². The molecule has 108 valence electrons. The molecule has 0 radical (unpaired) electrons. The highest BCUT2D eigenvalue weighted by Gasteiger charge is 2.21. The first-order valence-corrected chi connectivity index (χ1v) is 6.88. The van der Waals surface area contributed by atoms with E-state index in [4.69, 9.17) is 5.73 Å². The van der Waals surface area contributed by atoms with Crippen LogP contribution in [0.5, 0.6) is 0 Å². The number of carbonyl (C=O) groups excluding carboxylic acids is 1. The molecule has 1 atom stereocenters. The van der Waals surface area contributed by atoms with Crippen LogP contribution >= 0.6 is 0 Å². The lowest BCUT2D eigenvalue weighted by molar-refractivity contribution is 0.0926. The maximum Gasteiger partial charge on any atom is 0.268 e. The molecule has 3 N–H and O–H groups in total. The third kappa shape index (κ3) is 4.01. The second kappa shape index (κ2) is 5.68. The Balaban J connectivity index is 2.74. The van der Waals surface area contributed by atoms with E-state index in [-0.39, 0.29) is 17.4 Å². The largest absolute Gasteiger partial charge is 0.397 e. The first-order valence-electron chi connectivity index (χ1n) is 6.88. The monoisotopic (exact) mass is 265 g/mol. The molecular weight excluding hydrogens is 238 g/mol. The number of nitrogens with two attached hydrogens (primary N) is 1. The van der Waals surface area contributed by atoms with Gasteiger partial charge in [0.25, 0.3) is 5.91 Å². The Kier molecular flexibility index (Phi) is 4.66. The van der Waals surface area contributed by atoms with Crippen LogP contribution in [0.1, 0.15) is 58.1 Å². The highest BCUT2D eigenvalue weighted by Crippen LogP contribution is 2.24. The second-order valence-corrected chi connectivity index (χ2v) is 6.64. The number of anilines is 1. The van der Waals surface area contributed by atoms with Gasteiger partial charge in [0.2, 0.25) is 0 Å². The molecule has 1 unspecified atom stereocenters. The lowest BCUT2D eigenvalue weighted by atomic mass is 9.82. The number of nitrogens with zero attached hydrogens (tertiary/aromatic N) is 1. The SMILES string of the molecule is CC(C)n1cc(N)cc1C(=O)NCC(C)C(C)(C)C. The predicted octanol–water partition coefficient (Wildman–Crippen LogP) is 3.06. The molecule has 0 aliphatic carbocycles. The fraction of sp³-hybridized carbons (Fsp3) is 0.667. The van der Waals surface area contributed by atoms with Crippen molar-refractivity contribution in [2.45, 2.75) is 47.6 Å². The van der Waals surface area contributed by atoms with E-state index >= 15 is 0 Å². The van der Waals surface area contributed by atoms with E-state index in [1.807, 2.05) is 24.6 Å². The molecule has 0 saturated heterocycles. The number of nitrogens with one attached hydrogen (secondary N) is 1. The summed E-state index contributed by atoms with van der Waals surface area (Å²) in [5.41, 5.74) is 7.23. The van der Waals surface area contributed by atoms with Crippen molar-refractivity contribution in [2.24, 2.45) is 11.3 Å². The van der Waals surface area contributed by atoms with Gasteiger partial charge in [-0.2, -0.15) is 0 Å². The summed E-state index contributed by atoms with van der Waals surface area (Å²) < 4.78 is 1.91. The zero-order chi connectivity index (χ0) is 14.8. The average Bonchev–Trinajstić information content (AvgIpc) is 2.66. The summed E-state index contributed by atoms with van der Waals surface area (Å²) in [6.07, 6.45) is 1.81. The molecular formula is C15H27N3O. The Bertz CT molecular complexity index is 441. The fourth-order valence-electron chi connectivity index (χ4n) is 1.75. The standard InChI is InChI=1S/C15H27N3O/c1-10(2)18-9-12(16)7-13(18)14(19)17-8-11(3)15(4,5)6/h7,9-11H,8,16H2,1-6H3,(H,17,19). The normalized spacial score (nSPS) is 13.6. The van der Waals surface area contributed by atoms with Crippen molar-refractivity contribution in [1.82, 2.24) is 9.88 Å². The minimum Gasteiger partial charge on any atom is -0.397 e. The average molecular weight is 265 g/mol. The molecule has 0 aromatic carbocycles. The summed E-state index contributed by atoms with van der Waals surface area (Å²) in [5, 5.41) is 3.00. The van der Waals surface area contributed by atoms with Gasteiger partial charge in [-0.15, -0.1) is 0 Å². The summed E-state index contributed by atoms with van der Waals surface area (Å²) in [5.74, 6) is 0.359. The first kappa shape index (κ1) is 15.6. The Morgan fingerprint density at radius 1 is 1.37 bits per heavy atom. The van der Waals surface area contributed by atoms with E-state index < -0.39 is 0 Å². The second-order valence-electron chi connectivity index (χ2n) is 6.64. The first-order chi connectivity index (χ1) is 8.62. The molecule has 1 rings (SSSR count). The highest BCUT2D eigenvalue weighted by molar-refractivity contribution is 5.93. The molecule has 1 amide bonds. The number of nitrogen functional groups attached to an aromatic ring is 1. The maximum absolute atomic E-state index is 12.2. The molecule has 19 heavy (non-hydrogen) atoms. The van der Waals surface area contributed by atoms with Crippen LogP contribution < -0.4 is 11.1 Å². The van der Waals surface area contributed by atoms with Crippen LogP contribution in [0.2, 0.25) is 0 Å². The van der Waals surface area contributed by atoms with Crippen LogP contribution in [-0.2, 0) is 0 Å². The van der Waals surface area contributed by atoms with Crippen molar-refractivity contribution >= 4 is 11.6 Å². The quantitative estimate of drug-likeness (QED) is 0.879. The van der Waals surface area contributed by atoms with Gasteiger partial charge in [-0.25, -0.2) is 0 Å². The lowest BCUT2D eigenvalue weighted by Crippen LogP contribution is -2.34. The van der Waals surface area contributed by atoms with Crippen LogP contribution in [0.15, 0.2) is 12.3 Å². The molecule has 1 aromatic heterocycles. The van der Waals surface area contributed by atoms with Crippen LogP contribution in [0.3, 0.4) is 0 Å². The Labute approximate surface area is 116 Å². The molecule has 0 bridgehead atoms. The van der Waals surface area contributed by atoms with Crippen molar-refractivity contribution in [1.29, 1.82) is 0 Å². The summed E-state index contributed by atoms with van der Waals surface area (Å²) in [6, 6.07) is 1.95. The van der Waals surface area contributed by atoms with Crippen molar-refractivity contribution in [3.05, 3.63) is 18.0 Å². The van der Waals surface area contributed by atoms with Crippen molar-refractivity contribution in [3.63, 3.8) is 0 Å². The maximum atomic E-state index is 12.2. The molecule has 0 aliphatic rings. The van der Waals surface area contributed by atoms with E-state index in [1.165, 1.54) is 0 Å². The van der Waals surface area contributed by atoms with Gasteiger partial charge in [-0.3, -0.25) is 4.79 Å². The van der Waals surface area contributed by atoms with Gasteiger partial charge in [-0.05, 0) is 31.2 Å². The van der Waals surface area contributed by atoms with Crippen LogP contribution in [0, 0.1) is 11.3 Å². The molecule has 0 saturated carbocycles. The van der Waals surface area contributed by atoms with Crippen molar-refractivity contribution in [2.75, 3.05) is 12.3 Å². The van der Waals surface area contributed by atoms with Crippen LogP contribution in [0.4, 0.5) is 5.69 Å². The van der Waals surface area contributed by atoms with Gasteiger partial charge < -0.3 is 15.6 Å². The molecule has 0 fully saturated rings. The summed E-state index contributed by atoms with van der Waals surface area (Å²) in [6.45, 7) is 13.4. The summed E-state index contributed by atoms with van der Waals surface area (Å²) >= 11 is 0. The predicted molar refractivity (Wildman–Crippen MR) is 80.2 cm³/mol. The Hall–Kier alpha value is -1.45. The lowest BCUT2D eigenvalue weighted by Gasteiger charge is -2.27. The number of carbonyl (C=O) groups is 1. The third-order valence-corrected chi connectivity index (χ3v) is 3.71. The summed E-state index contributed by atoms with van der Waals surface area (Å²) in [4.78, 5) is 12.2. The smallest absolute Gasteiger partial charge is 0.268 e. The van der Waals surface area contributed by atoms with Crippen molar-refractivity contribution in [3.8, 4) is 0 Å². The molecule has 4 nitrogen and oxygen atoms in total. The number of hydrogen-bond donors (Lipinski definition) is 2. The highest BCUT2D eigenvalue weighted by atomic mass is 16.1. The number of hydrogen-bond acceptors (Lipinski definition) is 2. The Morgan fingerprint density at radius 2 is 1.95 bits per heavy atom. The minimum atomic E-state index is -0.0542. The number of amides is 1. The molecule has 4 heteroatoms. The van der Waals surface area contributed by atoms with Crippen LogP contribution in [0.25, 0.3) is 0 Å². The van der Waals surface area contributed by atoms with Gasteiger partial charge in [0, 0.05) is 18.8 Å². The van der Waals surface area contributed by atoms with Gasteiger partial charge >= 0.3 is 0 Å². The summed E-state index contributed by atoms with van der Waals surface area (Å²) in [7, 11) is 0. The van der Waals surface area contributed by atoms with Crippen LogP contribution in [-0.4, -0.2) is 17.0 Å². The minimum absolute atomic E-state index is 0.0542. The number of rotatable bonds is 4. The topological polar surface area (TPSA) is 60.0 Å². The molecule has 1 aromatic rings. The van der Waals surface area contributed by atoms with E-state index in [0.717, 1.165) is 0 Å².